The third kappa shape index (κ3) is 4.86. The van der Waals surface area contributed by atoms with E-state index in [1.54, 1.807) is 25.1 Å². The monoisotopic (exact) mass is 435 g/mol. The highest BCUT2D eigenvalue weighted by molar-refractivity contribution is 7.14. The van der Waals surface area contributed by atoms with Crippen molar-refractivity contribution in [3.63, 3.8) is 0 Å². The first-order valence-electron chi connectivity index (χ1n) is 8.31. The van der Waals surface area contributed by atoms with E-state index in [0.717, 1.165) is 5.56 Å². The summed E-state index contributed by atoms with van der Waals surface area (Å²) < 4.78 is 5.29. The number of pyridine rings is 1. The predicted octanol–water partition coefficient (Wildman–Crippen LogP) is 5.09. The third-order valence-electron chi connectivity index (χ3n) is 3.77. The van der Waals surface area contributed by atoms with Crippen LogP contribution in [0.5, 0.6) is 0 Å². The summed E-state index contributed by atoms with van der Waals surface area (Å²) >= 11 is 13.1. The van der Waals surface area contributed by atoms with Crippen molar-refractivity contribution in [1.82, 2.24) is 9.97 Å². The van der Waals surface area contributed by atoms with Crippen LogP contribution in [-0.2, 0) is 9.53 Å². The van der Waals surface area contributed by atoms with Gasteiger partial charge in [0.25, 0.3) is 5.91 Å². The molecule has 9 heteroatoms. The molecule has 0 radical (unpaired) electrons. The number of rotatable bonds is 6. The maximum atomic E-state index is 12.5. The number of hydrogen-bond acceptors (Lipinski definition) is 6. The molecular formula is C19H15Cl2N3O3S. The second-order valence-electron chi connectivity index (χ2n) is 5.68. The molecule has 6 nitrogen and oxygen atoms in total. The lowest BCUT2D eigenvalue weighted by Gasteiger charge is -2.15. The van der Waals surface area contributed by atoms with Gasteiger partial charge in [-0.2, -0.15) is 0 Å². The molecule has 2 aromatic heterocycles. The number of benzene rings is 1. The minimum absolute atomic E-state index is 0.0234. The number of carbonyl (C=O) groups excluding carboxylic acids is 2. The van der Waals surface area contributed by atoms with Gasteiger partial charge in [0.05, 0.1) is 11.3 Å². The molecule has 1 amide bonds. The van der Waals surface area contributed by atoms with Gasteiger partial charge in [0.1, 0.15) is 5.15 Å². The van der Waals surface area contributed by atoms with Gasteiger partial charge in [-0.1, -0.05) is 42.3 Å². The average molecular weight is 436 g/mol. The van der Waals surface area contributed by atoms with Crippen LogP contribution in [0, 0.1) is 0 Å². The Kier molecular flexibility index (Phi) is 6.61. The first-order valence-corrected chi connectivity index (χ1v) is 9.95. The topological polar surface area (TPSA) is 81.2 Å². The summed E-state index contributed by atoms with van der Waals surface area (Å²) in [4.78, 5) is 33.0. The minimum Gasteiger partial charge on any atom is -0.449 e. The fourth-order valence-corrected chi connectivity index (χ4v) is 3.37. The van der Waals surface area contributed by atoms with E-state index in [0.29, 0.717) is 22.3 Å². The number of ether oxygens (including phenoxy) is 1. The Labute approximate surface area is 175 Å². The zero-order valence-corrected chi connectivity index (χ0v) is 17.0. The molecule has 0 spiro atoms. The van der Waals surface area contributed by atoms with E-state index in [4.69, 9.17) is 27.9 Å². The van der Waals surface area contributed by atoms with Gasteiger partial charge in [-0.05, 0) is 30.7 Å². The third-order valence-corrected chi connectivity index (χ3v) is 5.08. The van der Waals surface area contributed by atoms with E-state index in [1.165, 1.54) is 23.6 Å². The highest BCUT2D eigenvalue weighted by Gasteiger charge is 2.24. The van der Waals surface area contributed by atoms with Gasteiger partial charge >= 0.3 is 5.97 Å². The van der Waals surface area contributed by atoms with Crippen molar-refractivity contribution in [3.8, 4) is 11.3 Å². The van der Waals surface area contributed by atoms with E-state index in [2.05, 4.69) is 15.3 Å². The van der Waals surface area contributed by atoms with Gasteiger partial charge in [0.15, 0.2) is 11.2 Å². The number of anilines is 1. The number of esters is 1. The molecule has 1 aromatic carbocycles. The van der Waals surface area contributed by atoms with Crippen LogP contribution in [-0.4, -0.2) is 27.9 Å². The van der Waals surface area contributed by atoms with Crippen molar-refractivity contribution in [1.29, 1.82) is 0 Å². The van der Waals surface area contributed by atoms with Crippen molar-refractivity contribution in [2.24, 2.45) is 0 Å². The standard InChI is InChI=1S/C19H15Cl2N3O3S/c1-2-15(27-18(26)13-4-3-9-22-16(13)21)17(25)24-19-23-14(10-28-19)11-5-7-12(20)8-6-11/h3-10,15H,2H2,1H3,(H,23,24,25). The van der Waals surface area contributed by atoms with Crippen molar-refractivity contribution in [2.75, 3.05) is 5.32 Å². The lowest BCUT2D eigenvalue weighted by molar-refractivity contribution is -0.124. The van der Waals surface area contributed by atoms with Crippen LogP contribution in [0.4, 0.5) is 5.13 Å². The Morgan fingerprint density at radius 2 is 1.96 bits per heavy atom. The van der Waals surface area contributed by atoms with Gasteiger partial charge in [-0.3, -0.25) is 10.1 Å². The summed E-state index contributed by atoms with van der Waals surface area (Å²) in [6, 6.07) is 10.3. The van der Waals surface area contributed by atoms with E-state index < -0.39 is 18.0 Å². The number of hydrogen-bond donors (Lipinski definition) is 1. The molecule has 0 aliphatic carbocycles. The number of halogens is 2. The smallest absolute Gasteiger partial charge is 0.342 e. The van der Waals surface area contributed by atoms with Gasteiger partial charge in [0, 0.05) is 22.2 Å². The van der Waals surface area contributed by atoms with Gasteiger partial charge in [-0.25, -0.2) is 14.8 Å². The zero-order valence-electron chi connectivity index (χ0n) is 14.7. The van der Waals surface area contributed by atoms with Crippen LogP contribution >= 0.6 is 34.5 Å². The maximum absolute atomic E-state index is 12.5. The summed E-state index contributed by atoms with van der Waals surface area (Å²) in [5.74, 6) is -1.17. The molecule has 0 aliphatic heterocycles. The Hall–Kier alpha value is -2.48. The second kappa shape index (κ2) is 9.14. The van der Waals surface area contributed by atoms with Crippen LogP contribution < -0.4 is 5.32 Å². The molecule has 1 atom stereocenters. The number of thiazole rings is 1. The molecule has 0 saturated heterocycles. The van der Waals surface area contributed by atoms with Gasteiger partial charge in [0.2, 0.25) is 0 Å². The van der Waals surface area contributed by atoms with Crippen LogP contribution in [0.25, 0.3) is 11.3 Å². The molecule has 3 rings (SSSR count). The summed E-state index contributed by atoms with van der Waals surface area (Å²) in [6.07, 6.45) is 0.779. The van der Waals surface area contributed by atoms with Crippen molar-refractivity contribution < 1.29 is 14.3 Å². The molecule has 0 fully saturated rings. The Morgan fingerprint density at radius 3 is 2.64 bits per heavy atom. The number of amides is 1. The summed E-state index contributed by atoms with van der Waals surface area (Å²) in [5, 5.41) is 5.57. The van der Waals surface area contributed by atoms with Crippen LogP contribution in [0.2, 0.25) is 10.2 Å². The molecule has 2 heterocycles. The van der Waals surface area contributed by atoms with Crippen molar-refractivity contribution in [2.45, 2.75) is 19.4 Å². The van der Waals surface area contributed by atoms with E-state index in [-0.39, 0.29) is 10.7 Å². The van der Waals surface area contributed by atoms with Crippen molar-refractivity contribution >= 4 is 51.5 Å². The predicted molar refractivity (Wildman–Crippen MR) is 110 cm³/mol. The Balaban J connectivity index is 1.66. The quantitative estimate of drug-likeness (QED) is 0.430. The first kappa shape index (κ1) is 20.3. The second-order valence-corrected chi connectivity index (χ2v) is 7.33. The normalized spacial score (nSPS) is 11.7. The highest BCUT2D eigenvalue weighted by atomic mass is 35.5. The largest absolute Gasteiger partial charge is 0.449 e. The Morgan fingerprint density at radius 1 is 1.21 bits per heavy atom. The summed E-state index contributed by atoms with van der Waals surface area (Å²) in [7, 11) is 0. The molecule has 3 aromatic rings. The maximum Gasteiger partial charge on any atom is 0.342 e. The Bertz CT molecular complexity index is 992. The molecule has 144 valence electrons. The lowest BCUT2D eigenvalue weighted by Crippen LogP contribution is -2.32. The van der Waals surface area contributed by atoms with Gasteiger partial charge < -0.3 is 4.74 Å². The number of carbonyl (C=O) groups is 2. The molecule has 28 heavy (non-hydrogen) atoms. The van der Waals surface area contributed by atoms with Crippen LogP contribution in [0.15, 0.2) is 48.0 Å². The molecule has 0 aliphatic rings. The van der Waals surface area contributed by atoms with Crippen LogP contribution in [0.3, 0.4) is 0 Å². The zero-order chi connectivity index (χ0) is 20.1. The number of nitrogens with zero attached hydrogens (tertiary/aromatic N) is 2. The molecule has 1 unspecified atom stereocenters. The fraction of sp³-hybridized carbons (Fsp3) is 0.158. The van der Waals surface area contributed by atoms with Crippen LogP contribution in [0.1, 0.15) is 23.7 Å². The summed E-state index contributed by atoms with van der Waals surface area (Å²) in [6.45, 7) is 1.74. The average Bonchev–Trinajstić information content (AvgIpc) is 3.15. The molecule has 0 saturated carbocycles. The highest BCUT2D eigenvalue weighted by Crippen LogP contribution is 2.26. The molecule has 1 N–H and O–H groups in total. The van der Waals surface area contributed by atoms with E-state index in [1.807, 2.05) is 17.5 Å². The number of aromatic nitrogens is 2. The van der Waals surface area contributed by atoms with Crippen molar-refractivity contribution in [3.05, 3.63) is 63.7 Å². The van der Waals surface area contributed by atoms with Gasteiger partial charge in [-0.15, -0.1) is 11.3 Å². The summed E-state index contributed by atoms with van der Waals surface area (Å²) in [5.41, 5.74) is 1.70. The van der Waals surface area contributed by atoms with E-state index >= 15 is 0 Å². The van der Waals surface area contributed by atoms with E-state index in [9.17, 15) is 9.59 Å². The minimum atomic E-state index is -0.980. The SMILES string of the molecule is CCC(OC(=O)c1cccnc1Cl)C(=O)Nc1nc(-c2ccc(Cl)cc2)cs1. The number of nitrogens with one attached hydrogen (secondary N) is 1. The lowest BCUT2D eigenvalue weighted by atomic mass is 10.2. The first-order chi connectivity index (χ1) is 13.5. The molecule has 0 bridgehead atoms. The molecular weight excluding hydrogens is 421 g/mol. The fourth-order valence-electron chi connectivity index (χ4n) is 2.32.